The molecule has 2 aromatic carbocycles. The lowest BCUT2D eigenvalue weighted by molar-refractivity contribution is 0.0927. The molecule has 1 N–H and O–H groups in total. The van der Waals surface area contributed by atoms with Crippen LogP contribution in [0, 0.1) is 12.7 Å². The maximum Gasteiger partial charge on any atom is 0.352 e. The summed E-state index contributed by atoms with van der Waals surface area (Å²) in [6, 6.07) is 12.8. The molecule has 30 heavy (non-hydrogen) atoms. The first-order chi connectivity index (χ1) is 14.4. The second kappa shape index (κ2) is 9.27. The molecule has 0 radical (unpaired) electrons. The fraction of sp³-hybridized carbons (Fsp3) is 0.238. The molecule has 3 aromatic rings. The number of amides is 1. The Morgan fingerprint density at radius 2 is 1.93 bits per heavy atom. The van der Waals surface area contributed by atoms with Gasteiger partial charge in [0.2, 0.25) is 5.69 Å². The summed E-state index contributed by atoms with van der Waals surface area (Å²) in [5.74, 6) is -1.49. The van der Waals surface area contributed by atoms with E-state index in [4.69, 9.17) is 4.74 Å². The zero-order valence-corrected chi connectivity index (χ0v) is 16.6. The number of aryl methyl sites for hydroxylation is 1. The number of rotatable bonds is 7. The first-order valence-electron chi connectivity index (χ1n) is 9.24. The van der Waals surface area contributed by atoms with Crippen LogP contribution in [0.25, 0.3) is 5.69 Å². The van der Waals surface area contributed by atoms with Gasteiger partial charge in [-0.15, -0.1) is 0 Å². The zero-order valence-electron chi connectivity index (χ0n) is 16.6. The van der Waals surface area contributed by atoms with Gasteiger partial charge in [0, 0.05) is 13.7 Å². The summed E-state index contributed by atoms with van der Waals surface area (Å²) in [7, 11) is 1.47. The van der Waals surface area contributed by atoms with Crippen molar-refractivity contribution in [2.75, 3.05) is 20.3 Å². The third-order valence-corrected chi connectivity index (χ3v) is 4.37. The molecule has 1 amide bonds. The summed E-state index contributed by atoms with van der Waals surface area (Å²) in [6.45, 7) is 2.17. The van der Waals surface area contributed by atoms with Gasteiger partial charge in [-0.2, -0.15) is 9.78 Å². The van der Waals surface area contributed by atoms with Gasteiger partial charge in [0.15, 0.2) is 0 Å². The molecule has 8 nitrogen and oxygen atoms in total. The molecular formula is C21H21FN4O4. The van der Waals surface area contributed by atoms with Crippen LogP contribution in [0.1, 0.15) is 21.6 Å². The molecule has 1 aromatic heterocycles. The molecular weight excluding hydrogens is 391 g/mol. The number of carbonyl (C=O) groups excluding carboxylic acids is 1. The Morgan fingerprint density at radius 1 is 1.17 bits per heavy atom. The Bertz CT molecular complexity index is 1190. The number of ether oxygens (including phenoxy) is 1. The van der Waals surface area contributed by atoms with E-state index in [2.05, 4.69) is 10.4 Å². The van der Waals surface area contributed by atoms with Crippen molar-refractivity contribution in [2.24, 2.45) is 0 Å². The first kappa shape index (κ1) is 21.1. The van der Waals surface area contributed by atoms with Gasteiger partial charge in [-0.3, -0.25) is 14.2 Å². The monoisotopic (exact) mass is 412 g/mol. The van der Waals surface area contributed by atoms with Crippen LogP contribution in [-0.4, -0.2) is 40.5 Å². The Labute approximate surface area is 171 Å². The number of methoxy groups -OCH3 is 1. The van der Waals surface area contributed by atoms with Crippen LogP contribution in [0.3, 0.4) is 0 Å². The van der Waals surface area contributed by atoms with Crippen LogP contribution >= 0.6 is 0 Å². The molecule has 0 saturated heterocycles. The molecule has 0 aliphatic carbocycles. The van der Waals surface area contributed by atoms with Crippen LogP contribution in [0.2, 0.25) is 0 Å². The minimum atomic E-state index is -0.857. The van der Waals surface area contributed by atoms with E-state index in [-0.39, 0.29) is 25.4 Å². The average Bonchev–Trinajstić information content (AvgIpc) is 2.72. The largest absolute Gasteiger partial charge is 0.383 e. The van der Waals surface area contributed by atoms with Gasteiger partial charge >= 0.3 is 5.69 Å². The number of benzene rings is 2. The van der Waals surface area contributed by atoms with Gasteiger partial charge in [-0.1, -0.05) is 42.0 Å². The quantitative estimate of drug-likeness (QED) is 0.590. The Kier molecular flexibility index (Phi) is 6.53. The van der Waals surface area contributed by atoms with Crippen molar-refractivity contribution >= 4 is 5.91 Å². The second-order valence-corrected chi connectivity index (χ2v) is 6.62. The molecule has 156 valence electrons. The smallest absolute Gasteiger partial charge is 0.352 e. The SMILES string of the molecule is COCCNC(=O)c1nn(-c2ccccc2F)c(=O)n(Cc2cccc(C)c2)c1=O. The van der Waals surface area contributed by atoms with Crippen LogP contribution < -0.4 is 16.6 Å². The zero-order chi connectivity index (χ0) is 21.7. The number of nitrogens with zero attached hydrogens (tertiary/aromatic N) is 3. The van der Waals surface area contributed by atoms with E-state index in [9.17, 15) is 18.8 Å². The summed E-state index contributed by atoms with van der Waals surface area (Å²) in [4.78, 5) is 38.5. The number of aromatic nitrogens is 3. The van der Waals surface area contributed by atoms with E-state index >= 15 is 0 Å². The van der Waals surface area contributed by atoms with Crippen molar-refractivity contribution in [1.82, 2.24) is 19.7 Å². The Morgan fingerprint density at radius 3 is 2.63 bits per heavy atom. The lowest BCUT2D eigenvalue weighted by Gasteiger charge is -2.13. The molecule has 1 heterocycles. The third-order valence-electron chi connectivity index (χ3n) is 4.37. The van der Waals surface area contributed by atoms with Gasteiger partial charge < -0.3 is 10.1 Å². The number of carbonyl (C=O) groups is 1. The van der Waals surface area contributed by atoms with Crippen molar-refractivity contribution in [1.29, 1.82) is 0 Å². The minimum Gasteiger partial charge on any atom is -0.383 e. The van der Waals surface area contributed by atoms with Crippen LogP contribution in [0.15, 0.2) is 58.1 Å². The van der Waals surface area contributed by atoms with Crippen molar-refractivity contribution in [3.05, 3.63) is 92.0 Å². The molecule has 0 aliphatic heterocycles. The Hall–Kier alpha value is -3.59. The van der Waals surface area contributed by atoms with Crippen molar-refractivity contribution < 1.29 is 13.9 Å². The topological polar surface area (TPSA) is 95.2 Å². The fourth-order valence-corrected chi connectivity index (χ4v) is 2.92. The molecule has 0 unspecified atom stereocenters. The van der Waals surface area contributed by atoms with E-state index in [1.807, 2.05) is 19.1 Å². The highest BCUT2D eigenvalue weighted by Crippen LogP contribution is 2.09. The molecule has 0 saturated carbocycles. The highest BCUT2D eigenvalue weighted by molar-refractivity contribution is 5.91. The molecule has 0 bridgehead atoms. The van der Waals surface area contributed by atoms with E-state index in [1.165, 1.54) is 25.3 Å². The molecule has 3 rings (SSSR count). The lowest BCUT2D eigenvalue weighted by atomic mass is 10.1. The molecule has 9 heteroatoms. The molecule has 0 fully saturated rings. The highest BCUT2D eigenvalue weighted by Gasteiger charge is 2.21. The van der Waals surface area contributed by atoms with Crippen molar-refractivity contribution in [2.45, 2.75) is 13.5 Å². The predicted molar refractivity (Wildman–Crippen MR) is 109 cm³/mol. The van der Waals surface area contributed by atoms with Crippen LogP contribution in [0.4, 0.5) is 4.39 Å². The average molecular weight is 412 g/mol. The number of para-hydroxylation sites is 1. The van der Waals surface area contributed by atoms with E-state index in [1.54, 1.807) is 12.1 Å². The maximum absolute atomic E-state index is 14.3. The molecule has 0 spiro atoms. The van der Waals surface area contributed by atoms with Gasteiger partial charge in [-0.05, 0) is 24.6 Å². The normalized spacial score (nSPS) is 10.8. The van der Waals surface area contributed by atoms with Crippen LogP contribution in [-0.2, 0) is 11.3 Å². The van der Waals surface area contributed by atoms with Crippen molar-refractivity contribution in [3.8, 4) is 5.69 Å². The summed E-state index contributed by atoms with van der Waals surface area (Å²) >= 11 is 0. The summed E-state index contributed by atoms with van der Waals surface area (Å²) < 4.78 is 20.8. The third kappa shape index (κ3) is 4.52. The first-order valence-corrected chi connectivity index (χ1v) is 9.24. The maximum atomic E-state index is 14.3. The fourth-order valence-electron chi connectivity index (χ4n) is 2.92. The molecule has 0 atom stereocenters. The van der Waals surface area contributed by atoms with Gasteiger partial charge in [0.25, 0.3) is 11.5 Å². The number of hydrogen-bond donors (Lipinski definition) is 1. The summed E-state index contributed by atoms with van der Waals surface area (Å²) in [5, 5.41) is 6.38. The minimum absolute atomic E-state index is 0.0886. The van der Waals surface area contributed by atoms with E-state index in [0.717, 1.165) is 20.9 Å². The number of nitrogens with one attached hydrogen (secondary N) is 1. The summed E-state index contributed by atoms with van der Waals surface area (Å²) in [5.41, 5.74) is -0.745. The van der Waals surface area contributed by atoms with E-state index in [0.29, 0.717) is 5.56 Å². The standard InChI is InChI=1S/C21H21FN4O4/c1-14-6-5-7-15(12-14)13-25-20(28)18(19(27)23-10-11-30-2)24-26(21(25)29)17-9-4-3-8-16(17)22/h3-9,12H,10-11,13H2,1-2H3,(H,23,27). The Balaban J connectivity index is 2.17. The summed E-state index contributed by atoms with van der Waals surface area (Å²) in [6.07, 6.45) is 0. The molecule has 0 aliphatic rings. The lowest BCUT2D eigenvalue weighted by Crippen LogP contribution is -2.46. The highest BCUT2D eigenvalue weighted by atomic mass is 19.1. The number of halogens is 1. The van der Waals surface area contributed by atoms with E-state index < -0.39 is 28.7 Å². The van der Waals surface area contributed by atoms with Gasteiger partial charge in [0.05, 0.1) is 13.2 Å². The second-order valence-electron chi connectivity index (χ2n) is 6.62. The van der Waals surface area contributed by atoms with Crippen molar-refractivity contribution in [3.63, 3.8) is 0 Å². The van der Waals surface area contributed by atoms with Crippen LogP contribution in [0.5, 0.6) is 0 Å². The number of hydrogen-bond acceptors (Lipinski definition) is 5. The van der Waals surface area contributed by atoms with Gasteiger partial charge in [-0.25, -0.2) is 9.18 Å². The predicted octanol–water partition coefficient (Wildman–Crippen LogP) is 1.27. The van der Waals surface area contributed by atoms with Gasteiger partial charge in [0.1, 0.15) is 11.5 Å².